The molecule has 0 radical (unpaired) electrons. The lowest BCUT2D eigenvalue weighted by atomic mass is 10.1. The smallest absolute Gasteiger partial charge is 0.253 e. The Labute approximate surface area is 188 Å². The molecule has 0 spiro atoms. The lowest BCUT2D eigenvalue weighted by Gasteiger charge is -2.30. The first-order chi connectivity index (χ1) is 15.8. The predicted molar refractivity (Wildman–Crippen MR) is 123 cm³/mol. The molecule has 1 N–H and O–H groups in total. The van der Waals surface area contributed by atoms with E-state index in [-0.39, 0.29) is 11.9 Å². The molecule has 1 aromatic heterocycles. The van der Waals surface area contributed by atoms with Gasteiger partial charge in [0.15, 0.2) is 0 Å². The minimum atomic E-state index is -0.000679. The molecule has 0 aliphatic carbocycles. The van der Waals surface area contributed by atoms with Crippen molar-refractivity contribution in [2.75, 3.05) is 31.2 Å². The number of morpholine rings is 1. The molecule has 7 nitrogen and oxygen atoms in total. The molecular weight excluding hydrogens is 402 g/mol. The van der Waals surface area contributed by atoms with Crippen LogP contribution in [0.15, 0.2) is 54.6 Å². The van der Waals surface area contributed by atoms with E-state index in [2.05, 4.69) is 49.2 Å². The fourth-order valence-electron chi connectivity index (χ4n) is 4.61. The van der Waals surface area contributed by atoms with Crippen LogP contribution in [-0.2, 0) is 24.1 Å². The number of nitrogens with zero attached hydrogens (tertiary/aromatic N) is 4. The van der Waals surface area contributed by atoms with Crippen molar-refractivity contribution in [2.45, 2.75) is 38.3 Å². The van der Waals surface area contributed by atoms with E-state index < -0.39 is 0 Å². The first-order valence-electron chi connectivity index (χ1n) is 11.5. The lowest BCUT2D eigenvalue weighted by Crippen LogP contribution is -2.39. The molecule has 3 heterocycles. The van der Waals surface area contributed by atoms with Gasteiger partial charge in [0, 0.05) is 44.2 Å². The van der Waals surface area contributed by atoms with Crippen LogP contribution in [0.2, 0.25) is 0 Å². The molecule has 2 aliphatic rings. The van der Waals surface area contributed by atoms with Crippen molar-refractivity contribution < 1.29 is 9.53 Å². The zero-order valence-electron chi connectivity index (χ0n) is 18.2. The normalized spacial score (nSPS) is 18.6. The number of carbonyl (C=O) groups is 1. The van der Waals surface area contributed by atoms with Gasteiger partial charge in [0.1, 0.15) is 11.6 Å². The maximum absolute atomic E-state index is 13.2. The summed E-state index contributed by atoms with van der Waals surface area (Å²) in [5.74, 6) is 2.01. The van der Waals surface area contributed by atoms with Crippen molar-refractivity contribution in [3.05, 3.63) is 77.4 Å². The molecule has 2 aliphatic heterocycles. The number of hydrogen-bond acceptors (Lipinski definition) is 5. The molecule has 1 unspecified atom stereocenters. The van der Waals surface area contributed by atoms with Gasteiger partial charge in [-0.2, -0.15) is 0 Å². The van der Waals surface area contributed by atoms with Gasteiger partial charge in [-0.15, -0.1) is 10.2 Å². The minimum absolute atomic E-state index is 0.000679. The summed E-state index contributed by atoms with van der Waals surface area (Å²) in [5.41, 5.74) is 2.96. The number of aryl methyl sites for hydroxylation is 1. The molecule has 1 fully saturated rings. The van der Waals surface area contributed by atoms with Gasteiger partial charge in [-0.3, -0.25) is 4.79 Å². The van der Waals surface area contributed by atoms with Crippen molar-refractivity contribution in [2.24, 2.45) is 0 Å². The van der Waals surface area contributed by atoms with E-state index in [4.69, 9.17) is 4.74 Å². The van der Waals surface area contributed by atoms with Crippen LogP contribution in [0, 0.1) is 0 Å². The Morgan fingerprint density at radius 1 is 0.969 bits per heavy atom. The predicted octanol–water partition coefficient (Wildman–Crippen LogP) is 2.84. The number of benzene rings is 2. The Balaban J connectivity index is 1.25. The summed E-state index contributed by atoms with van der Waals surface area (Å²) < 4.78 is 7.71. The van der Waals surface area contributed by atoms with Crippen LogP contribution in [0.25, 0.3) is 0 Å². The van der Waals surface area contributed by atoms with Gasteiger partial charge in [-0.1, -0.05) is 42.5 Å². The van der Waals surface area contributed by atoms with Gasteiger partial charge < -0.3 is 19.5 Å². The van der Waals surface area contributed by atoms with Crippen LogP contribution in [0.5, 0.6) is 0 Å². The molecule has 0 saturated carbocycles. The Hall–Kier alpha value is -3.19. The third-order valence-corrected chi connectivity index (χ3v) is 6.36. The summed E-state index contributed by atoms with van der Waals surface area (Å²) >= 11 is 0. The number of hydrogen-bond donors (Lipinski definition) is 1. The topological polar surface area (TPSA) is 72.3 Å². The average Bonchev–Trinajstić information content (AvgIpc) is 3.11. The highest BCUT2D eigenvalue weighted by Crippen LogP contribution is 2.23. The van der Waals surface area contributed by atoms with Gasteiger partial charge in [0.2, 0.25) is 0 Å². The van der Waals surface area contributed by atoms with Gasteiger partial charge in [0.25, 0.3) is 5.91 Å². The Kier molecular flexibility index (Phi) is 6.16. The van der Waals surface area contributed by atoms with E-state index in [0.717, 1.165) is 68.2 Å². The fraction of sp³-hybridized carbons (Fsp3) is 0.400. The Morgan fingerprint density at radius 2 is 1.75 bits per heavy atom. The summed E-state index contributed by atoms with van der Waals surface area (Å²) in [4.78, 5) is 15.4. The summed E-state index contributed by atoms with van der Waals surface area (Å²) in [6, 6.07) is 18.4. The van der Waals surface area contributed by atoms with Crippen LogP contribution in [0.3, 0.4) is 0 Å². The highest BCUT2D eigenvalue weighted by Gasteiger charge is 2.24. The molecule has 166 valence electrons. The average molecular weight is 432 g/mol. The van der Waals surface area contributed by atoms with Crippen molar-refractivity contribution in [1.82, 2.24) is 20.1 Å². The van der Waals surface area contributed by atoms with E-state index in [0.29, 0.717) is 13.2 Å². The van der Waals surface area contributed by atoms with Crippen LogP contribution in [0.1, 0.15) is 40.4 Å². The maximum atomic E-state index is 13.2. The number of anilines is 1. The standard InChI is InChI=1S/C25H29N5O2/c31-25(21-8-4-5-9-22(21)29-14-16-32-17-15-29)26-20-10-11-23-27-28-24(30(23)13-12-20)18-19-6-2-1-3-7-19/h1-9,20H,10-18H2,(H,26,31). The Morgan fingerprint density at radius 3 is 2.59 bits per heavy atom. The number of ether oxygens (including phenoxy) is 1. The van der Waals surface area contributed by atoms with Gasteiger partial charge in [-0.25, -0.2) is 0 Å². The first-order valence-corrected chi connectivity index (χ1v) is 11.5. The van der Waals surface area contributed by atoms with E-state index in [1.54, 1.807) is 0 Å². The second-order valence-corrected chi connectivity index (χ2v) is 8.46. The number of fused-ring (bicyclic) bond motifs is 1. The third kappa shape index (κ3) is 4.53. The highest BCUT2D eigenvalue weighted by molar-refractivity contribution is 6.00. The molecule has 1 atom stereocenters. The number of para-hydroxylation sites is 1. The van der Waals surface area contributed by atoms with Crippen molar-refractivity contribution in [1.29, 1.82) is 0 Å². The van der Waals surface area contributed by atoms with Crippen LogP contribution in [0.4, 0.5) is 5.69 Å². The fourth-order valence-corrected chi connectivity index (χ4v) is 4.61. The van der Waals surface area contributed by atoms with Gasteiger partial charge >= 0.3 is 0 Å². The monoisotopic (exact) mass is 431 g/mol. The quantitative estimate of drug-likeness (QED) is 0.673. The molecule has 2 aromatic carbocycles. The van der Waals surface area contributed by atoms with Crippen LogP contribution in [-0.4, -0.2) is 53.0 Å². The van der Waals surface area contributed by atoms with Crippen molar-refractivity contribution in [3.8, 4) is 0 Å². The number of rotatable bonds is 5. The van der Waals surface area contributed by atoms with E-state index in [1.807, 2.05) is 30.3 Å². The van der Waals surface area contributed by atoms with E-state index >= 15 is 0 Å². The maximum Gasteiger partial charge on any atom is 0.253 e. The molecule has 0 bridgehead atoms. The molecule has 1 amide bonds. The molecule has 32 heavy (non-hydrogen) atoms. The highest BCUT2D eigenvalue weighted by atomic mass is 16.5. The summed E-state index contributed by atoms with van der Waals surface area (Å²) in [5, 5.41) is 12.2. The lowest BCUT2D eigenvalue weighted by molar-refractivity contribution is 0.0931. The summed E-state index contributed by atoms with van der Waals surface area (Å²) in [6.45, 7) is 3.84. The van der Waals surface area contributed by atoms with Crippen LogP contribution >= 0.6 is 0 Å². The molecule has 5 rings (SSSR count). The van der Waals surface area contributed by atoms with Crippen molar-refractivity contribution >= 4 is 11.6 Å². The molecule has 7 heteroatoms. The second-order valence-electron chi connectivity index (χ2n) is 8.46. The zero-order chi connectivity index (χ0) is 21.8. The van der Waals surface area contributed by atoms with Crippen molar-refractivity contribution in [3.63, 3.8) is 0 Å². The minimum Gasteiger partial charge on any atom is -0.378 e. The molecule has 1 saturated heterocycles. The van der Waals surface area contributed by atoms with Gasteiger partial charge in [0.05, 0.1) is 18.8 Å². The number of aromatic nitrogens is 3. The number of amides is 1. The Bertz CT molecular complexity index is 1060. The first kappa shape index (κ1) is 20.7. The van der Waals surface area contributed by atoms with E-state index in [1.165, 1.54) is 5.56 Å². The number of nitrogens with one attached hydrogen (secondary N) is 1. The third-order valence-electron chi connectivity index (χ3n) is 6.36. The van der Waals surface area contributed by atoms with Gasteiger partial charge in [-0.05, 0) is 30.5 Å². The second kappa shape index (κ2) is 9.53. The SMILES string of the molecule is O=C(NC1CCc2nnc(Cc3ccccc3)n2CC1)c1ccccc1N1CCOCC1. The van der Waals surface area contributed by atoms with E-state index in [9.17, 15) is 4.79 Å². The molecule has 3 aromatic rings. The summed E-state index contributed by atoms with van der Waals surface area (Å²) in [7, 11) is 0. The summed E-state index contributed by atoms with van der Waals surface area (Å²) in [6.07, 6.45) is 3.34. The molecular formula is C25H29N5O2. The van der Waals surface area contributed by atoms with Crippen LogP contribution < -0.4 is 10.2 Å². The zero-order valence-corrected chi connectivity index (χ0v) is 18.2. The number of carbonyl (C=O) groups excluding carboxylic acids is 1. The largest absolute Gasteiger partial charge is 0.378 e.